The molecule has 120 valence electrons. The van der Waals surface area contributed by atoms with Gasteiger partial charge in [-0.3, -0.25) is 4.79 Å². The molecule has 5 nitrogen and oxygen atoms in total. The van der Waals surface area contributed by atoms with Crippen molar-refractivity contribution in [2.24, 2.45) is 17.3 Å². The Morgan fingerprint density at radius 1 is 1.41 bits per heavy atom. The van der Waals surface area contributed by atoms with Gasteiger partial charge in [-0.25, -0.2) is 4.79 Å². The third-order valence-electron chi connectivity index (χ3n) is 5.46. The van der Waals surface area contributed by atoms with Gasteiger partial charge in [0.1, 0.15) is 12.2 Å². The molecule has 1 saturated heterocycles. The van der Waals surface area contributed by atoms with Crippen LogP contribution in [0.3, 0.4) is 0 Å². The fourth-order valence-corrected chi connectivity index (χ4v) is 4.60. The molecule has 6 atom stereocenters. The molecule has 0 aromatic heterocycles. The third-order valence-corrected chi connectivity index (χ3v) is 5.46. The summed E-state index contributed by atoms with van der Waals surface area (Å²) in [4.78, 5) is 23.0. The average molecular weight is 306 g/mol. The Kier molecular flexibility index (Phi) is 3.44. The first kappa shape index (κ1) is 15.3. The van der Waals surface area contributed by atoms with Gasteiger partial charge in [-0.15, -0.1) is 0 Å². The van der Waals surface area contributed by atoms with Gasteiger partial charge in [0.25, 0.3) is 0 Å². The number of esters is 2. The van der Waals surface area contributed by atoms with E-state index in [2.05, 4.69) is 20.1 Å². The number of ether oxygens (including phenoxy) is 2. The Labute approximate surface area is 130 Å². The van der Waals surface area contributed by atoms with Crippen LogP contribution in [0.15, 0.2) is 24.3 Å². The molecule has 3 rings (SSSR count). The summed E-state index contributed by atoms with van der Waals surface area (Å²) in [6.07, 6.45) is 0.258. The first-order valence-corrected chi connectivity index (χ1v) is 7.65. The number of rotatable bonds is 1. The number of carbonyl (C=O) groups excluding carboxylic acids is 2. The lowest BCUT2D eigenvalue weighted by Crippen LogP contribution is -2.32. The van der Waals surface area contributed by atoms with E-state index in [0.29, 0.717) is 24.8 Å². The van der Waals surface area contributed by atoms with Gasteiger partial charge in [0.2, 0.25) is 0 Å². The fourth-order valence-electron chi connectivity index (χ4n) is 4.60. The van der Waals surface area contributed by atoms with Crippen molar-refractivity contribution in [1.82, 2.24) is 0 Å². The zero-order chi connectivity index (χ0) is 16.2. The Bertz CT molecular complexity index is 565. The minimum Gasteiger partial charge on any atom is -0.460 e. The van der Waals surface area contributed by atoms with Gasteiger partial charge >= 0.3 is 11.9 Å². The number of aliphatic hydroxyl groups excluding tert-OH is 1. The van der Waals surface area contributed by atoms with Crippen molar-refractivity contribution in [2.45, 2.75) is 51.4 Å². The molecule has 22 heavy (non-hydrogen) atoms. The topological polar surface area (TPSA) is 72.8 Å². The average Bonchev–Trinajstić information content (AvgIpc) is 2.73. The van der Waals surface area contributed by atoms with Gasteiger partial charge in [0.15, 0.2) is 0 Å². The van der Waals surface area contributed by atoms with Crippen molar-refractivity contribution in [3.05, 3.63) is 24.3 Å². The Hall–Kier alpha value is -1.62. The van der Waals surface area contributed by atoms with Crippen molar-refractivity contribution in [1.29, 1.82) is 0 Å². The molecule has 0 amide bonds. The molecule has 2 saturated carbocycles. The SMILES string of the molecule is C=C1C(=O)OC2CC(=C)C3C(O)C(OC(C)=O)CC3(C)CC12. The molecule has 3 fully saturated rings. The van der Waals surface area contributed by atoms with E-state index in [9.17, 15) is 14.7 Å². The molecule has 5 heteroatoms. The molecular weight excluding hydrogens is 284 g/mol. The van der Waals surface area contributed by atoms with Crippen molar-refractivity contribution in [3.63, 3.8) is 0 Å². The zero-order valence-corrected chi connectivity index (χ0v) is 13.0. The molecule has 0 aromatic rings. The molecule has 1 N–H and O–H groups in total. The minimum absolute atomic E-state index is 0.0532. The van der Waals surface area contributed by atoms with Crippen LogP contribution >= 0.6 is 0 Å². The predicted octanol–water partition coefficient (Wildman–Crippen LogP) is 1.75. The number of carbonyl (C=O) groups is 2. The van der Waals surface area contributed by atoms with Gasteiger partial charge in [-0.2, -0.15) is 0 Å². The van der Waals surface area contributed by atoms with Crippen LogP contribution in [0.5, 0.6) is 0 Å². The van der Waals surface area contributed by atoms with Gasteiger partial charge in [-0.05, 0) is 18.3 Å². The maximum absolute atomic E-state index is 11.8. The molecule has 0 bridgehead atoms. The van der Waals surface area contributed by atoms with Gasteiger partial charge in [0, 0.05) is 30.8 Å². The smallest absolute Gasteiger partial charge is 0.334 e. The highest BCUT2D eigenvalue weighted by Crippen LogP contribution is 2.57. The normalized spacial score (nSPS) is 44.1. The van der Waals surface area contributed by atoms with E-state index in [1.807, 2.05) is 0 Å². The molecule has 0 radical (unpaired) electrons. The summed E-state index contributed by atoms with van der Waals surface area (Å²) in [7, 11) is 0. The van der Waals surface area contributed by atoms with E-state index in [1.165, 1.54) is 6.92 Å². The number of fused-ring (bicyclic) bond motifs is 2. The van der Waals surface area contributed by atoms with Gasteiger partial charge in [0.05, 0.1) is 6.10 Å². The van der Waals surface area contributed by atoms with E-state index < -0.39 is 18.2 Å². The Morgan fingerprint density at radius 2 is 2.09 bits per heavy atom. The van der Waals surface area contributed by atoms with Crippen LogP contribution in [-0.2, 0) is 19.1 Å². The van der Waals surface area contributed by atoms with E-state index in [-0.39, 0.29) is 29.3 Å². The molecule has 2 aliphatic carbocycles. The summed E-state index contributed by atoms with van der Waals surface area (Å²) in [5, 5.41) is 10.6. The second-order valence-corrected chi connectivity index (χ2v) is 7.12. The number of hydrogen-bond donors (Lipinski definition) is 1. The molecule has 6 unspecified atom stereocenters. The van der Waals surface area contributed by atoms with Gasteiger partial charge in [-0.1, -0.05) is 25.7 Å². The highest BCUT2D eigenvalue weighted by molar-refractivity contribution is 5.90. The lowest BCUT2D eigenvalue weighted by atomic mass is 9.71. The third kappa shape index (κ3) is 2.19. The summed E-state index contributed by atoms with van der Waals surface area (Å²) in [5.74, 6) is -0.937. The van der Waals surface area contributed by atoms with Gasteiger partial charge < -0.3 is 14.6 Å². The predicted molar refractivity (Wildman–Crippen MR) is 78.7 cm³/mol. The monoisotopic (exact) mass is 306 g/mol. The molecule has 0 spiro atoms. The Morgan fingerprint density at radius 3 is 2.73 bits per heavy atom. The second kappa shape index (κ2) is 4.95. The van der Waals surface area contributed by atoms with Crippen LogP contribution in [0, 0.1) is 17.3 Å². The summed E-state index contributed by atoms with van der Waals surface area (Å²) in [5.41, 5.74) is 1.08. The minimum atomic E-state index is -0.760. The molecule has 1 aliphatic heterocycles. The Balaban J connectivity index is 1.91. The summed E-state index contributed by atoms with van der Waals surface area (Å²) in [6.45, 7) is 11.4. The molecule has 3 aliphatic rings. The molecular formula is C17H22O5. The van der Waals surface area contributed by atoms with E-state index in [1.54, 1.807) is 0 Å². The molecule has 1 heterocycles. The lowest BCUT2D eigenvalue weighted by Gasteiger charge is -2.32. The van der Waals surface area contributed by atoms with E-state index in [4.69, 9.17) is 9.47 Å². The van der Waals surface area contributed by atoms with Crippen molar-refractivity contribution in [2.75, 3.05) is 0 Å². The fraction of sp³-hybridized carbons (Fsp3) is 0.647. The van der Waals surface area contributed by atoms with Crippen molar-refractivity contribution in [3.8, 4) is 0 Å². The summed E-state index contributed by atoms with van der Waals surface area (Å²) >= 11 is 0. The van der Waals surface area contributed by atoms with Crippen LogP contribution in [0.25, 0.3) is 0 Å². The van der Waals surface area contributed by atoms with Crippen LogP contribution in [0.4, 0.5) is 0 Å². The van der Waals surface area contributed by atoms with Crippen LogP contribution in [-0.4, -0.2) is 35.4 Å². The number of aliphatic hydroxyl groups is 1. The highest BCUT2D eigenvalue weighted by Gasteiger charge is 2.57. The lowest BCUT2D eigenvalue weighted by molar-refractivity contribution is -0.151. The van der Waals surface area contributed by atoms with E-state index in [0.717, 1.165) is 5.57 Å². The van der Waals surface area contributed by atoms with Crippen LogP contribution in [0.1, 0.15) is 33.1 Å². The van der Waals surface area contributed by atoms with Crippen LogP contribution in [0.2, 0.25) is 0 Å². The van der Waals surface area contributed by atoms with Crippen LogP contribution < -0.4 is 0 Å². The quantitative estimate of drug-likeness (QED) is 0.454. The zero-order valence-electron chi connectivity index (χ0n) is 13.0. The highest BCUT2D eigenvalue weighted by atomic mass is 16.6. The van der Waals surface area contributed by atoms with Crippen molar-refractivity contribution >= 4 is 11.9 Å². The van der Waals surface area contributed by atoms with E-state index >= 15 is 0 Å². The summed E-state index contributed by atoms with van der Waals surface area (Å²) < 4.78 is 10.7. The molecule has 0 aromatic carbocycles. The summed E-state index contributed by atoms with van der Waals surface area (Å²) in [6, 6.07) is 0. The second-order valence-electron chi connectivity index (χ2n) is 7.12. The standard InChI is InChI=1S/C17H22O5/c1-8-5-12-11(9(2)16(20)22-12)6-17(4)7-13(21-10(3)18)15(19)14(8)17/h11-15,19H,1-2,5-7H2,3-4H3. The first-order valence-electron chi connectivity index (χ1n) is 7.65. The maximum Gasteiger partial charge on any atom is 0.334 e. The van der Waals surface area contributed by atoms with Crippen molar-refractivity contribution < 1.29 is 24.2 Å². The first-order chi connectivity index (χ1) is 10.2. The number of hydrogen-bond acceptors (Lipinski definition) is 5. The maximum atomic E-state index is 11.8. The largest absolute Gasteiger partial charge is 0.460 e.